The van der Waals surface area contributed by atoms with Crippen LogP contribution in [0.2, 0.25) is 0 Å². The van der Waals surface area contributed by atoms with E-state index in [0.717, 1.165) is 26.4 Å². The Kier molecular flexibility index (Phi) is 4.91. The largest absolute Gasteiger partial charge is 0.322 e. The number of hydrogen-bond donors (Lipinski definition) is 2. The minimum absolute atomic E-state index is 0.0415. The fourth-order valence-corrected chi connectivity index (χ4v) is 4.63. The molecule has 0 atom stereocenters. The first-order valence-corrected chi connectivity index (χ1v) is 10.8. The predicted molar refractivity (Wildman–Crippen MR) is 121 cm³/mol. The van der Waals surface area contributed by atoms with Crippen LogP contribution in [0.1, 0.15) is 32.2 Å². The zero-order valence-corrected chi connectivity index (χ0v) is 17.6. The molecule has 0 unspecified atom stereocenters. The molecule has 8 heteroatoms. The van der Waals surface area contributed by atoms with Gasteiger partial charge in [0.2, 0.25) is 5.91 Å². The summed E-state index contributed by atoms with van der Waals surface area (Å²) in [6.07, 6.45) is 4.98. The Hall–Kier alpha value is -3.65. The van der Waals surface area contributed by atoms with Gasteiger partial charge in [0.1, 0.15) is 5.82 Å². The molecule has 0 saturated carbocycles. The molecule has 0 spiro atoms. The molecule has 2 N–H and O–H groups in total. The van der Waals surface area contributed by atoms with Gasteiger partial charge in [-0.3, -0.25) is 14.6 Å². The van der Waals surface area contributed by atoms with Crippen molar-refractivity contribution in [3.8, 4) is 0 Å². The summed E-state index contributed by atoms with van der Waals surface area (Å²) < 4.78 is 1.09. The van der Waals surface area contributed by atoms with Crippen LogP contribution in [-0.2, 0) is 24.1 Å². The molecule has 0 saturated heterocycles. The highest BCUT2D eigenvalue weighted by Gasteiger charge is 2.22. The zero-order valence-electron chi connectivity index (χ0n) is 16.8. The van der Waals surface area contributed by atoms with Crippen LogP contribution in [0.4, 0.5) is 11.5 Å². The van der Waals surface area contributed by atoms with Gasteiger partial charge in [-0.1, -0.05) is 0 Å². The lowest BCUT2D eigenvalue weighted by molar-refractivity contribution is -0.115. The minimum Gasteiger partial charge on any atom is -0.322 e. The van der Waals surface area contributed by atoms with E-state index in [1.165, 1.54) is 0 Å². The highest BCUT2D eigenvalue weighted by molar-refractivity contribution is 7.18. The monoisotopic (exact) mass is 429 g/mol. The number of nitrogens with zero attached hydrogens (tertiary/aromatic N) is 3. The molecule has 0 fully saturated rings. The number of amides is 2. The summed E-state index contributed by atoms with van der Waals surface area (Å²) in [4.78, 5) is 37.9. The van der Waals surface area contributed by atoms with Crippen LogP contribution in [0, 0.1) is 6.92 Å². The number of pyridine rings is 2. The Morgan fingerprint density at radius 1 is 1.16 bits per heavy atom. The van der Waals surface area contributed by atoms with Gasteiger partial charge in [-0.2, -0.15) is 0 Å². The molecule has 0 radical (unpaired) electrons. The van der Waals surface area contributed by atoms with Crippen LogP contribution in [0.15, 0.2) is 48.8 Å². The van der Waals surface area contributed by atoms with E-state index < -0.39 is 0 Å². The molecular weight excluding hydrogens is 410 g/mol. The van der Waals surface area contributed by atoms with Crippen LogP contribution in [0.5, 0.6) is 0 Å². The van der Waals surface area contributed by atoms with E-state index in [4.69, 9.17) is 0 Å². The van der Waals surface area contributed by atoms with E-state index in [9.17, 15) is 9.59 Å². The van der Waals surface area contributed by atoms with Crippen LogP contribution in [0.25, 0.3) is 10.2 Å². The number of aryl methyl sites for hydroxylation is 3. The van der Waals surface area contributed by atoms with Crippen molar-refractivity contribution in [3.63, 3.8) is 0 Å². The van der Waals surface area contributed by atoms with Gasteiger partial charge in [-0.25, -0.2) is 9.97 Å². The van der Waals surface area contributed by atoms with Gasteiger partial charge in [0.05, 0.1) is 32.9 Å². The molecule has 0 aliphatic carbocycles. The molecule has 3 aromatic heterocycles. The topological polar surface area (TPSA) is 96.9 Å². The Balaban J connectivity index is 1.35. The van der Waals surface area contributed by atoms with Crippen molar-refractivity contribution in [2.24, 2.45) is 0 Å². The molecule has 154 valence electrons. The van der Waals surface area contributed by atoms with Gasteiger partial charge in [-0.05, 0) is 61.7 Å². The highest BCUT2D eigenvalue weighted by atomic mass is 32.1. The molecule has 5 rings (SSSR count). The zero-order chi connectivity index (χ0) is 21.4. The number of nitrogens with one attached hydrogen (secondary N) is 2. The first kappa shape index (κ1) is 19.3. The van der Waals surface area contributed by atoms with Crippen LogP contribution < -0.4 is 10.6 Å². The second kappa shape index (κ2) is 7.88. The highest BCUT2D eigenvalue weighted by Crippen LogP contribution is 2.26. The molecule has 4 aromatic rings. The van der Waals surface area contributed by atoms with E-state index in [-0.39, 0.29) is 11.8 Å². The van der Waals surface area contributed by atoms with E-state index in [1.54, 1.807) is 35.9 Å². The average Bonchev–Trinajstić information content (AvgIpc) is 3.32. The molecule has 7 nitrogen and oxygen atoms in total. The SMILES string of the molecule is Cc1nc2cc(NC(=O)c3cccnc3CCc3ccnc4c3CC(=O)N4)ccc2s1. The van der Waals surface area contributed by atoms with Crippen molar-refractivity contribution in [1.29, 1.82) is 0 Å². The second-order valence-corrected chi connectivity index (χ2v) is 8.62. The Morgan fingerprint density at radius 3 is 2.97 bits per heavy atom. The Bertz CT molecular complexity index is 1330. The van der Waals surface area contributed by atoms with Crippen molar-refractivity contribution in [1.82, 2.24) is 15.0 Å². The molecular formula is C23H19N5O2S. The van der Waals surface area contributed by atoms with E-state index >= 15 is 0 Å². The van der Waals surface area contributed by atoms with Crippen molar-refractivity contribution in [2.75, 3.05) is 10.6 Å². The maximum Gasteiger partial charge on any atom is 0.257 e. The van der Waals surface area contributed by atoms with Gasteiger partial charge in [0.15, 0.2) is 0 Å². The summed E-state index contributed by atoms with van der Waals surface area (Å²) in [5.41, 5.74) is 4.81. The summed E-state index contributed by atoms with van der Waals surface area (Å²) in [6, 6.07) is 11.2. The molecule has 4 heterocycles. The third-order valence-electron chi connectivity index (χ3n) is 5.27. The van der Waals surface area contributed by atoms with Gasteiger partial charge >= 0.3 is 0 Å². The van der Waals surface area contributed by atoms with Gasteiger partial charge in [0, 0.05) is 23.6 Å². The summed E-state index contributed by atoms with van der Waals surface area (Å²) in [7, 11) is 0. The number of aromatic nitrogens is 3. The van der Waals surface area contributed by atoms with E-state index in [1.807, 2.05) is 31.2 Å². The maximum atomic E-state index is 13.0. The first-order valence-electron chi connectivity index (χ1n) is 9.96. The summed E-state index contributed by atoms with van der Waals surface area (Å²) >= 11 is 1.63. The lowest BCUT2D eigenvalue weighted by Gasteiger charge is -2.11. The molecule has 0 bridgehead atoms. The fourth-order valence-electron chi connectivity index (χ4n) is 3.82. The molecule has 2 amide bonds. The third kappa shape index (κ3) is 3.89. The Morgan fingerprint density at radius 2 is 2.06 bits per heavy atom. The molecule has 1 aliphatic heterocycles. The number of benzene rings is 1. The number of anilines is 2. The number of fused-ring (bicyclic) bond motifs is 2. The van der Waals surface area contributed by atoms with E-state index in [2.05, 4.69) is 25.6 Å². The number of hydrogen-bond acceptors (Lipinski definition) is 6. The van der Waals surface area contributed by atoms with Crippen molar-refractivity contribution < 1.29 is 9.59 Å². The summed E-state index contributed by atoms with van der Waals surface area (Å²) in [5, 5.41) is 6.73. The number of rotatable bonds is 5. The lowest BCUT2D eigenvalue weighted by Crippen LogP contribution is -2.15. The quantitative estimate of drug-likeness (QED) is 0.501. The number of thiazole rings is 1. The fraction of sp³-hybridized carbons (Fsp3) is 0.174. The van der Waals surface area contributed by atoms with Gasteiger partial charge in [0.25, 0.3) is 5.91 Å². The standard InChI is InChI=1S/C23H19N5O2S/c1-13-26-19-11-15(5-7-20(19)31-13)27-23(30)16-3-2-9-24-18(16)6-4-14-8-10-25-22-17(14)12-21(29)28-22/h2-3,5,7-11H,4,6,12H2,1H3,(H,27,30)(H,25,28,29). The van der Waals surface area contributed by atoms with Crippen molar-refractivity contribution in [2.45, 2.75) is 26.2 Å². The lowest BCUT2D eigenvalue weighted by atomic mass is 10.00. The van der Waals surface area contributed by atoms with Crippen LogP contribution in [-0.4, -0.2) is 26.8 Å². The molecule has 1 aromatic carbocycles. The third-order valence-corrected chi connectivity index (χ3v) is 6.22. The first-order chi connectivity index (χ1) is 15.1. The normalized spacial score (nSPS) is 12.6. The summed E-state index contributed by atoms with van der Waals surface area (Å²) in [5.74, 6) is 0.389. The smallest absolute Gasteiger partial charge is 0.257 e. The average molecular weight is 430 g/mol. The Labute approximate surface area is 182 Å². The number of carbonyl (C=O) groups excluding carboxylic acids is 2. The molecule has 1 aliphatic rings. The maximum absolute atomic E-state index is 13.0. The van der Waals surface area contributed by atoms with Gasteiger partial charge < -0.3 is 10.6 Å². The second-order valence-electron chi connectivity index (χ2n) is 7.39. The van der Waals surface area contributed by atoms with E-state index in [0.29, 0.717) is 42.0 Å². The predicted octanol–water partition coefficient (Wildman–Crippen LogP) is 3.93. The van der Waals surface area contributed by atoms with Crippen molar-refractivity contribution in [3.05, 3.63) is 76.2 Å². The van der Waals surface area contributed by atoms with Crippen molar-refractivity contribution >= 4 is 44.9 Å². The van der Waals surface area contributed by atoms with Crippen LogP contribution in [0.3, 0.4) is 0 Å². The van der Waals surface area contributed by atoms with Gasteiger partial charge in [-0.15, -0.1) is 11.3 Å². The minimum atomic E-state index is -0.203. The number of carbonyl (C=O) groups is 2. The summed E-state index contributed by atoms with van der Waals surface area (Å²) in [6.45, 7) is 1.97. The van der Waals surface area contributed by atoms with Crippen LogP contribution >= 0.6 is 11.3 Å². The molecule has 31 heavy (non-hydrogen) atoms.